The van der Waals surface area contributed by atoms with Crippen LogP contribution in [0.15, 0.2) is 24.3 Å². The lowest BCUT2D eigenvalue weighted by atomic mass is 9.87. The van der Waals surface area contributed by atoms with E-state index in [-0.39, 0.29) is 18.0 Å². The molecule has 0 aliphatic heterocycles. The predicted octanol–water partition coefficient (Wildman–Crippen LogP) is 1.54. The molecule has 0 spiro atoms. The van der Waals surface area contributed by atoms with Gasteiger partial charge in [-0.15, -0.1) is 0 Å². The molecule has 1 aliphatic carbocycles. The van der Waals surface area contributed by atoms with Crippen LogP contribution in [-0.2, 0) is 11.2 Å². The quantitative estimate of drug-likeness (QED) is 0.848. The van der Waals surface area contributed by atoms with Crippen molar-refractivity contribution in [1.82, 2.24) is 5.32 Å². The van der Waals surface area contributed by atoms with Crippen LogP contribution in [0.2, 0.25) is 0 Å². The average molecular weight is 261 g/mol. The van der Waals surface area contributed by atoms with Gasteiger partial charge in [-0.25, -0.2) is 0 Å². The number of fused-ring (bicyclic) bond motifs is 1. The molecule has 3 N–H and O–H groups in total. The van der Waals surface area contributed by atoms with Gasteiger partial charge in [0.25, 0.3) is 5.91 Å². The first-order chi connectivity index (χ1) is 9.08. The second kappa shape index (κ2) is 6.20. The number of hydrogen-bond acceptors (Lipinski definition) is 1. The normalized spacial score (nSPS) is 19.9. The Kier molecular flexibility index (Phi) is 4.59. The van der Waals surface area contributed by atoms with Gasteiger partial charge in [0.1, 0.15) is 6.04 Å². The van der Waals surface area contributed by atoms with Crippen molar-refractivity contribution in [2.75, 3.05) is 0 Å². The van der Waals surface area contributed by atoms with Crippen LogP contribution in [0.1, 0.15) is 50.8 Å². The van der Waals surface area contributed by atoms with Gasteiger partial charge in [0.15, 0.2) is 6.04 Å². The highest BCUT2D eigenvalue weighted by atomic mass is 16.2. The Morgan fingerprint density at radius 1 is 1.32 bits per heavy atom. The van der Waals surface area contributed by atoms with E-state index in [1.54, 1.807) is 0 Å². The zero-order valence-corrected chi connectivity index (χ0v) is 12.1. The van der Waals surface area contributed by atoms with Gasteiger partial charge in [-0.05, 0) is 39.2 Å². The molecule has 0 heterocycles. The molecule has 2 rings (SSSR count). The number of benzene rings is 1. The molecule has 1 aromatic carbocycles. The summed E-state index contributed by atoms with van der Waals surface area (Å²) in [5.74, 6) is 0.137. The number of amides is 1. The molecule has 3 heteroatoms. The van der Waals surface area contributed by atoms with Crippen LogP contribution in [0.5, 0.6) is 0 Å². The number of nitrogens with one attached hydrogen (secondary N) is 1. The number of quaternary nitrogens is 1. The van der Waals surface area contributed by atoms with E-state index in [1.165, 1.54) is 24.0 Å². The summed E-state index contributed by atoms with van der Waals surface area (Å²) in [6, 6.07) is 9.25. The summed E-state index contributed by atoms with van der Waals surface area (Å²) in [7, 11) is 0. The first-order valence-corrected chi connectivity index (χ1v) is 7.31. The Morgan fingerprint density at radius 3 is 2.79 bits per heavy atom. The molecule has 1 amide bonds. The zero-order chi connectivity index (χ0) is 13.8. The van der Waals surface area contributed by atoms with Gasteiger partial charge in [0.05, 0.1) is 0 Å². The molecule has 0 bridgehead atoms. The number of carbonyl (C=O) groups excluding carboxylic acids is 1. The Bertz CT molecular complexity index is 442. The molecule has 1 aromatic rings. The van der Waals surface area contributed by atoms with Gasteiger partial charge in [0, 0.05) is 18.0 Å². The lowest BCUT2D eigenvalue weighted by Gasteiger charge is -2.26. The largest absolute Gasteiger partial charge is 0.349 e. The van der Waals surface area contributed by atoms with Crippen molar-refractivity contribution < 1.29 is 10.1 Å². The molecular formula is C16H25N2O+. The van der Waals surface area contributed by atoms with Crippen LogP contribution < -0.4 is 10.6 Å². The van der Waals surface area contributed by atoms with E-state index in [9.17, 15) is 4.79 Å². The lowest BCUT2D eigenvalue weighted by Crippen LogP contribution is -2.93. The van der Waals surface area contributed by atoms with Gasteiger partial charge in [-0.1, -0.05) is 24.3 Å². The van der Waals surface area contributed by atoms with Crippen molar-refractivity contribution in [3.05, 3.63) is 35.4 Å². The Morgan fingerprint density at radius 2 is 2.05 bits per heavy atom. The summed E-state index contributed by atoms with van der Waals surface area (Å²) in [5, 5.41) is 5.20. The summed E-state index contributed by atoms with van der Waals surface area (Å²) in [5.41, 5.74) is 2.87. The van der Waals surface area contributed by atoms with Gasteiger partial charge >= 0.3 is 0 Å². The maximum absolute atomic E-state index is 12.0. The number of carbonyl (C=O) groups is 1. The first kappa shape index (κ1) is 14.1. The summed E-state index contributed by atoms with van der Waals surface area (Å²) < 4.78 is 0. The SMILES string of the molecule is CC(C)NC(=O)[C@@H](C)[NH2+][C@@H]1CCCc2ccccc21. The van der Waals surface area contributed by atoms with E-state index in [0.717, 1.165) is 6.42 Å². The molecule has 2 atom stereocenters. The van der Waals surface area contributed by atoms with Crippen molar-refractivity contribution in [3.8, 4) is 0 Å². The molecule has 104 valence electrons. The lowest BCUT2D eigenvalue weighted by molar-refractivity contribution is -0.714. The number of aryl methyl sites for hydroxylation is 1. The minimum Gasteiger partial charge on any atom is -0.349 e. The van der Waals surface area contributed by atoms with E-state index in [0.29, 0.717) is 6.04 Å². The Labute approximate surface area is 115 Å². The third-order valence-electron chi connectivity index (χ3n) is 3.78. The second-order valence-electron chi connectivity index (χ2n) is 5.84. The number of nitrogens with two attached hydrogens (primary N) is 1. The monoisotopic (exact) mass is 261 g/mol. The summed E-state index contributed by atoms with van der Waals surface area (Å²) in [6.07, 6.45) is 3.56. The Hall–Kier alpha value is -1.35. The fraction of sp³-hybridized carbons (Fsp3) is 0.562. The van der Waals surface area contributed by atoms with Gasteiger partial charge in [-0.3, -0.25) is 4.79 Å². The molecule has 0 saturated carbocycles. The maximum Gasteiger partial charge on any atom is 0.278 e. The van der Waals surface area contributed by atoms with Crippen molar-refractivity contribution in [1.29, 1.82) is 0 Å². The molecule has 1 aliphatic rings. The Balaban J connectivity index is 2.02. The van der Waals surface area contributed by atoms with Crippen LogP contribution in [0.3, 0.4) is 0 Å². The molecule has 0 radical (unpaired) electrons. The minimum atomic E-state index is -0.0291. The summed E-state index contributed by atoms with van der Waals surface area (Å²) in [6.45, 7) is 6.00. The highest BCUT2D eigenvalue weighted by Gasteiger charge is 2.27. The van der Waals surface area contributed by atoms with Gasteiger partial charge in [0.2, 0.25) is 0 Å². The van der Waals surface area contributed by atoms with Crippen LogP contribution in [0.4, 0.5) is 0 Å². The van der Waals surface area contributed by atoms with E-state index in [2.05, 4.69) is 34.9 Å². The minimum absolute atomic E-state index is 0.0291. The highest BCUT2D eigenvalue weighted by Crippen LogP contribution is 2.26. The van der Waals surface area contributed by atoms with Crippen LogP contribution in [0.25, 0.3) is 0 Å². The fourth-order valence-electron chi connectivity index (χ4n) is 2.84. The van der Waals surface area contributed by atoms with Crippen molar-refractivity contribution in [2.45, 2.75) is 58.2 Å². The second-order valence-corrected chi connectivity index (χ2v) is 5.84. The van der Waals surface area contributed by atoms with Crippen molar-refractivity contribution in [2.24, 2.45) is 0 Å². The molecule has 0 fully saturated rings. The topological polar surface area (TPSA) is 45.7 Å². The van der Waals surface area contributed by atoms with Gasteiger partial charge < -0.3 is 10.6 Å². The third-order valence-corrected chi connectivity index (χ3v) is 3.78. The third kappa shape index (κ3) is 3.57. The molecule has 19 heavy (non-hydrogen) atoms. The van der Waals surface area contributed by atoms with E-state index >= 15 is 0 Å². The highest BCUT2D eigenvalue weighted by molar-refractivity contribution is 5.80. The summed E-state index contributed by atoms with van der Waals surface area (Å²) >= 11 is 0. The zero-order valence-electron chi connectivity index (χ0n) is 12.1. The molecule has 0 saturated heterocycles. The van der Waals surface area contributed by atoms with E-state index in [1.807, 2.05) is 20.8 Å². The molecule has 3 nitrogen and oxygen atoms in total. The van der Waals surface area contributed by atoms with E-state index < -0.39 is 0 Å². The number of rotatable bonds is 4. The first-order valence-electron chi connectivity index (χ1n) is 7.31. The maximum atomic E-state index is 12.0. The fourth-order valence-corrected chi connectivity index (χ4v) is 2.84. The summed E-state index contributed by atoms with van der Waals surface area (Å²) in [4.78, 5) is 12.0. The van der Waals surface area contributed by atoms with Crippen LogP contribution >= 0.6 is 0 Å². The van der Waals surface area contributed by atoms with Crippen molar-refractivity contribution in [3.63, 3.8) is 0 Å². The standard InChI is InChI=1S/C16H24N2O/c1-11(2)17-16(19)12(3)18-15-10-6-8-13-7-4-5-9-14(13)15/h4-5,7,9,11-12,15,18H,6,8,10H2,1-3H3,(H,17,19)/p+1/t12-,15-/m1/s1. The van der Waals surface area contributed by atoms with Crippen LogP contribution in [0, 0.1) is 0 Å². The van der Waals surface area contributed by atoms with Crippen molar-refractivity contribution >= 4 is 5.91 Å². The van der Waals surface area contributed by atoms with Crippen LogP contribution in [-0.4, -0.2) is 18.0 Å². The molecule has 0 unspecified atom stereocenters. The average Bonchev–Trinajstić information content (AvgIpc) is 2.38. The van der Waals surface area contributed by atoms with E-state index in [4.69, 9.17) is 0 Å². The molecule has 0 aromatic heterocycles. The van der Waals surface area contributed by atoms with Gasteiger partial charge in [-0.2, -0.15) is 0 Å². The smallest absolute Gasteiger partial charge is 0.278 e. The number of hydrogen-bond donors (Lipinski definition) is 2. The predicted molar refractivity (Wildman–Crippen MR) is 76.8 cm³/mol. The molecular weight excluding hydrogens is 236 g/mol.